The molecule has 4 nitrogen and oxygen atoms in total. The predicted octanol–water partition coefficient (Wildman–Crippen LogP) is 1.62. The lowest BCUT2D eigenvalue weighted by molar-refractivity contribution is -0.142. The summed E-state index contributed by atoms with van der Waals surface area (Å²) >= 11 is 0. The fourth-order valence-corrected chi connectivity index (χ4v) is 6.78. The second-order valence-electron chi connectivity index (χ2n) is 9.08. The van der Waals surface area contributed by atoms with Crippen LogP contribution in [0.2, 0.25) is 0 Å². The Morgan fingerprint density at radius 2 is 1.30 bits per heavy atom. The molecule has 0 aromatic carbocycles. The van der Waals surface area contributed by atoms with Gasteiger partial charge >= 0.3 is 0 Å². The van der Waals surface area contributed by atoms with Gasteiger partial charge in [-0.1, -0.05) is 0 Å². The van der Waals surface area contributed by atoms with E-state index in [4.69, 9.17) is 5.26 Å². The molecule has 0 amide bonds. The Hall–Kier alpha value is -0.920. The average Bonchev–Trinajstić information content (AvgIpc) is 2.52. The van der Waals surface area contributed by atoms with E-state index in [0.717, 1.165) is 36.8 Å². The van der Waals surface area contributed by atoms with E-state index in [2.05, 4.69) is 15.9 Å². The average molecular weight is 313 g/mol. The zero-order valence-electron chi connectivity index (χ0n) is 13.9. The van der Waals surface area contributed by atoms with E-state index < -0.39 is 0 Å². The molecule has 2 saturated carbocycles. The third-order valence-corrected chi connectivity index (χ3v) is 7.45. The maximum absolute atomic E-state index is 11.5. The molecule has 8 rings (SSSR count). The van der Waals surface area contributed by atoms with Crippen LogP contribution in [0.15, 0.2) is 0 Å². The minimum Gasteiger partial charge on any atom is -0.302 e. The molecule has 8 fully saturated rings. The van der Waals surface area contributed by atoms with Crippen molar-refractivity contribution in [2.75, 3.05) is 39.3 Å². The zero-order chi connectivity index (χ0) is 15.6. The Balaban J connectivity index is 0.000000106. The highest BCUT2D eigenvalue weighted by atomic mass is 16.1. The van der Waals surface area contributed by atoms with Crippen LogP contribution in [0.25, 0.3) is 0 Å². The highest BCUT2D eigenvalue weighted by molar-refractivity contribution is 5.85. The van der Waals surface area contributed by atoms with Crippen molar-refractivity contribution in [2.45, 2.75) is 25.7 Å². The number of carbonyl (C=O) groups is 1. The van der Waals surface area contributed by atoms with Crippen molar-refractivity contribution in [2.24, 2.45) is 41.4 Å². The summed E-state index contributed by atoms with van der Waals surface area (Å²) in [5, 5.41) is 9.03. The number of carbonyl (C=O) groups excluding carboxylic acids is 1. The molecule has 0 spiro atoms. The number of ketones is 1. The van der Waals surface area contributed by atoms with Gasteiger partial charge in [-0.05, 0) is 49.4 Å². The van der Waals surface area contributed by atoms with E-state index in [1.807, 2.05) is 0 Å². The SMILES string of the molecule is N#CC1C2CC3CC1CN(C3)C2.O=C1C2CC3CC1CN(C3)C2. The number of nitriles is 1. The Morgan fingerprint density at radius 3 is 1.78 bits per heavy atom. The minimum atomic E-state index is 0.401. The number of nitrogens with zero attached hydrogens (tertiary/aromatic N) is 3. The van der Waals surface area contributed by atoms with Crippen LogP contribution in [0.4, 0.5) is 0 Å². The first-order chi connectivity index (χ1) is 11.2. The molecule has 8 bridgehead atoms. The van der Waals surface area contributed by atoms with Crippen molar-refractivity contribution in [3.63, 3.8) is 0 Å². The van der Waals surface area contributed by atoms with Crippen LogP contribution in [-0.2, 0) is 4.79 Å². The molecule has 4 unspecified atom stereocenters. The molecule has 23 heavy (non-hydrogen) atoms. The van der Waals surface area contributed by atoms with Gasteiger partial charge in [0.15, 0.2) is 0 Å². The van der Waals surface area contributed by atoms with E-state index in [9.17, 15) is 4.79 Å². The van der Waals surface area contributed by atoms with Gasteiger partial charge in [0.2, 0.25) is 0 Å². The molecule has 4 atom stereocenters. The van der Waals surface area contributed by atoms with Crippen LogP contribution < -0.4 is 0 Å². The zero-order valence-corrected chi connectivity index (χ0v) is 13.9. The number of hydrogen-bond acceptors (Lipinski definition) is 4. The van der Waals surface area contributed by atoms with E-state index >= 15 is 0 Å². The van der Waals surface area contributed by atoms with Gasteiger partial charge in [0.25, 0.3) is 0 Å². The number of Topliss-reactive ketones (excluding diaryl/α,β-unsaturated/α-hetero) is 1. The van der Waals surface area contributed by atoms with Crippen LogP contribution in [0, 0.1) is 52.8 Å². The highest BCUT2D eigenvalue weighted by Gasteiger charge is 2.48. The lowest BCUT2D eigenvalue weighted by Gasteiger charge is -2.53. The second kappa shape index (κ2) is 5.29. The third-order valence-electron chi connectivity index (χ3n) is 7.45. The van der Waals surface area contributed by atoms with Crippen LogP contribution >= 0.6 is 0 Å². The lowest BCUT2D eigenvalue weighted by atomic mass is 9.62. The Labute approximate surface area is 138 Å². The van der Waals surface area contributed by atoms with Crippen molar-refractivity contribution < 1.29 is 4.79 Å². The fourth-order valence-electron chi connectivity index (χ4n) is 6.78. The Morgan fingerprint density at radius 1 is 0.783 bits per heavy atom. The monoisotopic (exact) mass is 313 g/mol. The van der Waals surface area contributed by atoms with Crippen molar-refractivity contribution >= 4 is 5.78 Å². The van der Waals surface area contributed by atoms with Gasteiger partial charge < -0.3 is 9.80 Å². The molecular formula is C19H27N3O. The molecule has 4 heteroatoms. The maximum atomic E-state index is 11.5. The van der Waals surface area contributed by atoms with Gasteiger partial charge in [-0.2, -0.15) is 5.26 Å². The first-order valence-corrected chi connectivity index (χ1v) is 9.57. The first-order valence-electron chi connectivity index (χ1n) is 9.57. The summed E-state index contributed by atoms with van der Waals surface area (Å²) in [6, 6.07) is 2.52. The molecule has 124 valence electrons. The molecule has 6 heterocycles. The van der Waals surface area contributed by atoms with E-state index in [1.165, 1.54) is 51.9 Å². The normalized spacial score (nSPS) is 54.6. The first kappa shape index (κ1) is 14.4. The number of piperidine rings is 6. The summed E-state index contributed by atoms with van der Waals surface area (Å²) in [6.07, 6.45) is 5.08. The lowest BCUT2D eigenvalue weighted by Crippen LogP contribution is -2.58. The highest BCUT2D eigenvalue weighted by Crippen LogP contribution is 2.46. The molecule has 8 aliphatic rings. The largest absolute Gasteiger partial charge is 0.302 e. The van der Waals surface area contributed by atoms with Gasteiger partial charge in [0.1, 0.15) is 5.78 Å². The Bertz CT molecular complexity index is 493. The number of hydrogen-bond donors (Lipinski definition) is 0. The third kappa shape index (κ3) is 2.36. The van der Waals surface area contributed by atoms with Gasteiger partial charge in [-0.15, -0.1) is 0 Å². The van der Waals surface area contributed by atoms with Crippen molar-refractivity contribution in [1.82, 2.24) is 9.80 Å². The smallest absolute Gasteiger partial charge is 0.141 e. The van der Waals surface area contributed by atoms with Gasteiger partial charge in [-0.3, -0.25) is 4.79 Å². The molecule has 0 aromatic rings. The Kier molecular flexibility index (Phi) is 3.32. The molecule has 0 N–H and O–H groups in total. The second-order valence-corrected chi connectivity index (χ2v) is 9.08. The quantitative estimate of drug-likeness (QED) is 0.682. The minimum absolute atomic E-state index is 0.401. The predicted molar refractivity (Wildman–Crippen MR) is 86.4 cm³/mol. The topological polar surface area (TPSA) is 47.3 Å². The molecule has 0 radical (unpaired) electrons. The summed E-state index contributed by atoms with van der Waals surface area (Å²) in [7, 11) is 0. The summed E-state index contributed by atoms with van der Waals surface area (Å²) < 4.78 is 0. The van der Waals surface area contributed by atoms with Crippen LogP contribution in [-0.4, -0.2) is 54.9 Å². The standard InChI is InChI=1S/C10H14N2.C9H13NO/c11-3-10-8-1-7-2-9(10)6-12(4-7)5-8;11-9-7-1-6-2-8(9)5-10(3-6)4-7/h7-10H,1-2,4-6H2;6-8H,1-5H2. The molecule has 6 saturated heterocycles. The van der Waals surface area contributed by atoms with Crippen molar-refractivity contribution in [3.8, 4) is 6.07 Å². The van der Waals surface area contributed by atoms with Crippen LogP contribution in [0.1, 0.15) is 25.7 Å². The maximum Gasteiger partial charge on any atom is 0.141 e. The molecule has 2 aliphatic carbocycles. The summed E-state index contributed by atoms with van der Waals surface area (Å²) in [6.45, 7) is 7.18. The summed E-state index contributed by atoms with van der Waals surface area (Å²) in [4.78, 5) is 16.6. The number of rotatable bonds is 0. The summed E-state index contributed by atoms with van der Waals surface area (Å²) in [5.41, 5.74) is 0. The molecular weight excluding hydrogens is 286 g/mol. The van der Waals surface area contributed by atoms with Gasteiger partial charge in [0.05, 0.1) is 12.0 Å². The van der Waals surface area contributed by atoms with E-state index in [0.29, 0.717) is 23.5 Å². The van der Waals surface area contributed by atoms with Crippen molar-refractivity contribution in [3.05, 3.63) is 0 Å². The van der Waals surface area contributed by atoms with Gasteiger partial charge in [0, 0.05) is 51.1 Å². The van der Waals surface area contributed by atoms with Gasteiger partial charge in [-0.25, -0.2) is 0 Å². The van der Waals surface area contributed by atoms with Crippen molar-refractivity contribution in [1.29, 1.82) is 5.26 Å². The van der Waals surface area contributed by atoms with Crippen LogP contribution in [0.3, 0.4) is 0 Å². The summed E-state index contributed by atoms with van der Waals surface area (Å²) in [5.74, 6) is 5.09. The molecule has 6 aliphatic heterocycles. The van der Waals surface area contributed by atoms with E-state index in [-0.39, 0.29) is 0 Å². The van der Waals surface area contributed by atoms with Crippen LogP contribution in [0.5, 0.6) is 0 Å². The fraction of sp³-hybridized carbons (Fsp3) is 0.895. The molecule has 0 aromatic heterocycles. The van der Waals surface area contributed by atoms with E-state index in [1.54, 1.807) is 0 Å².